The number of halogens is 2. The molecule has 2 heterocycles. The van der Waals surface area contributed by atoms with E-state index in [2.05, 4.69) is 15.6 Å². The van der Waals surface area contributed by atoms with Crippen molar-refractivity contribution in [3.63, 3.8) is 0 Å². The van der Waals surface area contributed by atoms with Crippen molar-refractivity contribution in [2.75, 3.05) is 5.32 Å². The van der Waals surface area contributed by atoms with Gasteiger partial charge in [0.1, 0.15) is 23.9 Å². The number of carbonyl (C=O) groups is 1. The van der Waals surface area contributed by atoms with Gasteiger partial charge in [0.2, 0.25) is 0 Å². The van der Waals surface area contributed by atoms with Crippen LogP contribution in [-0.2, 0) is 13.2 Å². The van der Waals surface area contributed by atoms with Crippen LogP contribution in [-0.4, -0.2) is 20.8 Å². The summed E-state index contributed by atoms with van der Waals surface area (Å²) in [5, 5.41) is 11.4. The predicted molar refractivity (Wildman–Crippen MR) is 113 cm³/mol. The highest BCUT2D eigenvalue weighted by Gasteiger charge is 2.21. The Kier molecular flexibility index (Phi) is 5.99. The fourth-order valence-corrected chi connectivity index (χ4v) is 3.04. The van der Waals surface area contributed by atoms with E-state index in [9.17, 15) is 9.18 Å². The lowest BCUT2D eigenvalue weighted by Gasteiger charge is -2.07. The smallest absolute Gasteiger partial charge is 0.279 e. The molecule has 0 saturated carbocycles. The molecule has 0 fully saturated rings. The fourth-order valence-electron chi connectivity index (χ4n) is 2.92. The maximum Gasteiger partial charge on any atom is 0.279 e. The maximum absolute atomic E-state index is 13.8. The van der Waals surface area contributed by atoms with Gasteiger partial charge in [-0.05, 0) is 37.3 Å². The molecule has 0 aliphatic rings. The zero-order valence-electron chi connectivity index (χ0n) is 16.5. The normalized spacial score (nSPS) is 10.8. The number of ether oxygens (including phenoxy) is 1. The topological polar surface area (TPSA) is 82.2 Å². The Bertz CT molecular complexity index is 1200. The van der Waals surface area contributed by atoms with Gasteiger partial charge in [-0.3, -0.25) is 9.48 Å². The van der Waals surface area contributed by atoms with Crippen LogP contribution in [0.3, 0.4) is 0 Å². The number of amides is 1. The SMILES string of the molecule is Cc1onc(C(=O)Nc2ccn(Cc3ccccc3F)n2)c1COc1ccc(Cl)cc1. The Morgan fingerprint density at radius 3 is 2.74 bits per heavy atom. The molecule has 0 bridgehead atoms. The van der Waals surface area contributed by atoms with Gasteiger partial charge in [-0.1, -0.05) is 35.0 Å². The van der Waals surface area contributed by atoms with Gasteiger partial charge >= 0.3 is 0 Å². The van der Waals surface area contributed by atoms with Gasteiger partial charge < -0.3 is 14.6 Å². The minimum Gasteiger partial charge on any atom is -0.489 e. The standard InChI is InChI=1S/C22H18ClFN4O3/c1-14-18(13-30-17-8-6-16(23)7-9-17)21(27-31-14)22(29)25-20-10-11-28(26-20)12-15-4-2-3-5-19(15)24/h2-11H,12-13H2,1H3,(H,25,26,29). The number of carbonyl (C=O) groups excluding carboxylic acids is 1. The summed E-state index contributed by atoms with van der Waals surface area (Å²) in [4.78, 5) is 12.7. The molecular formula is C22H18ClFN4O3. The third-order valence-corrected chi connectivity index (χ3v) is 4.82. The molecule has 4 aromatic rings. The molecule has 0 unspecified atom stereocenters. The molecule has 4 rings (SSSR count). The second-order valence-electron chi connectivity index (χ2n) is 6.75. The number of anilines is 1. The number of benzene rings is 2. The molecule has 0 radical (unpaired) electrons. The van der Waals surface area contributed by atoms with Crippen LogP contribution in [0.1, 0.15) is 27.4 Å². The number of nitrogens with zero attached hydrogens (tertiary/aromatic N) is 3. The summed E-state index contributed by atoms with van der Waals surface area (Å²) in [5.74, 6) is 0.591. The van der Waals surface area contributed by atoms with E-state index in [1.165, 1.54) is 10.7 Å². The van der Waals surface area contributed by atoms with Crippen molar-refractivity contribution >= 4 is 23.3 Å². The summed E-state index contributed by atoms with van der Waals surface area (Å²) in [6, 6.07) is 15.0. The van der Waals surface area contributed by atoms with Crippen molar-refractivity contribution in [3.8, 4) is 5.75 Å². The van der Waals surface area contributed by atoms with Crippen molar-refractivity contribution in [2.24, 2.45) is 0 Å². The van der Waals surface area contributed by atoms with Crippen molar-refractivity contribution in [1.82, 2.24) is 14.9 Å². The maximum atomic E-state index is 13.8. The van der Waals surface area contributed by atoms with Gasteiger partial charge in [0, 0.05) is 22.8 Å². The molecule has 2 aromatic carbocycles. The molecule has 0 atom stereocenters. The van der Waals surface area contributed by atoms with Crippen LogP contribution >= 0.6 is 11.6 Å². The van der Waals surface area contributed by atoms with Crippen molar-refractivity contribution < 1.29 is 18.4 Å². The van der Waals surface area contributed by atoms with Gasteiger partial charge in [0.15, 0.2) is 11.5 Å². The largest absolute Gasteiger partial charge is 0.489 e. The van der Waals surface area contributed by atoms with Gasteiger partial charge in [-0.25, -0.2) is 4.39 Å². The highest BCUT2D eigenvalue weighted by atomic mass is 35.5. The van der Waals surface area contributed by atoms with Gasteiger partial charge in [0.25, 0.3) is 5.91 Å². The monoisotopic (exact) mass is 440 g/mol. The number of nitrogens with one attached hydrogen (secondary N) is 1. The second-order valence-corrected chi connectivity index (χ2v) is 7.19. The van der Waals surface area contributed by atoms with E-state index in [1.54, 1.807) is 61.7 Å². The molecule has 9 heteroatoms. The number of hydrogen-bond donors (Lipinski definition) is 1. The minimum atomic E-state index is -0.484. The van der Waals surface area contributed by atoms with Crippen molar-refractivity contribution in [3.05, 3.63) is 94.2 Å². The highest BCUT2D eigenvalue weighted by Crippen LogP contribution is 2.20. The average molecular weight is 441 g/mol. The van der Waals surface area contributed by atoms with Gasteiger partial charge in [-0.15, -0.1) is 0 Å². The number of hydrogen-bond acceptors (Lipinski definition) is 5. The zero-order chi connectivity index (χ0) is 21.8. The molecular weight excluding hydrogens is 423 g/mol. The molecule has 0 saturated heterocycles. The third kappa shape index (κ3) is 4.92. The molecule has 0 aliphatic carbocycles. The Morgan fingerprint density at radius 1 is 1.19 bits per heavy atom. The molecule has 7 nitrogen and oxygen atoms in total. The average Bonchev–Trinajstić information content (AvgIpc) is 3.35. The van der Waals surface area contributed by atoms with Crippen LogP contribution < -0.4 is 10.1 Å². The van der Waals surface area contributed by atoms with Gasteiger partial charge in [-0.2, -0.15) is 5.10 Å². The summed E-state index contributed by atoms with van der Waals surface area (Å²) < 4.78 is 26.3. The van der Waals surface area contributed by atoms with Crippen LogP contribution in [0.2, 0.25) is 5.02 Å². The second kappa shape index (κ2) is 9.01. The summed E-state index contributed by atoms with van der Waals surface area (Å²) in [6.07, 6.45) is 1.65. The summed E-state index contributed by atoms with van der Waals surface area (Å²) in [7, 11) is 0. The molecule has 0 spiro atoms. The van der Waals surface area contributed by atoms with Crippen molar-refractivity contribution in [1.29, 1.82) is 0 Å². The first-order valence-electron chi connectivity index (χ1n) is 9.41. The summed E-state index contributed by atoms with van der Waals surface area (Å²) >= 11 is 5.88. The van der Waals surface area contributed by atoms with E-state index in [0.717, 1.165) is 0 Å². The van der Waals surface area contributed by atoms with Crippen LogP contribution in [0, 0.1) is 12.7 Å². The predicted octanol–water partition coefficient (Wildman–Crippen LogP) is 4.85. The van der Waals surface area contributed by atoms with Crippen LogP contribution in [0.25, 0.3) is 0 Å². The van der Waals surface area contributed by atoms with E-state index >= 15 is 0 Å². The molecule has 158 valence electrons. The van der Waals surface area contributed by atoms with Crippen molar-refractivity contribution in [2.45, 2.75) is 20.1 Å². The fraction of sp³-hybridized carbons (Fsp3) is 0.136. The number of rotatable bonds is 7. The lowest BCUT2D eigenvalue weighted by atomic mass is 10.2. The van der Waals surface area contributed by atoms with E-state index in [1.807, 2.05) is 0 Å². The highest BCUT2D eigenvalue weighted by molar-refractivity contribution is 6.30. The van der Waals surface area contributed by atoms with E-state index in [4.69, 9.17) is 20.9 Å². The molecule has 31 heavy (non-hydrogen) atoms. The Hall–Kier alpha value is -3.65. The molecule has 0 aliphatic heterocycles. The molecule has 2 aromatic heterocycles. The number of aromatic nitrogens is 3. The van der Waals surface area contributed by atoms with Gasteiger partial charge in [0.05, 0.1) is 12.1 Å². The Balaban J connectivity index is 1.43. The first kappa shape index (κ1) is 20.6. The number of aryl methyl sites for hydroxylation is 1. The first-order chi connectivity index (χ1) is 15.0. The van der Waals surface area contributed by atoms with Crippen LogP contribution in [0.15, 0.2) is 65.3 Å². The minimum absolute atomic E-state index is 0.0987. The van der Waals surface area contributed by atoms with Crippen LogP contribution in [0.5, 0.6) is 5.75 Å². The van der Waals surface area contributed by atoms with Crippen LogP contribution in [0.4, 0.5) is 10.2 Å². The quantitative estimate of drug-likeness (QED) is 0.444. The third-order valence-electron chi connectivity index (χ3n) is 4.57. The van der Waals surface area contributed by atoms with E-state index in [-0.39, 0.29) is 24.7 Å². The lowest BCUT2D eigenvalue weighted by Crippen LogP contribution is -2.16. The Labute approximate surface area is 182 Å². The molecule has 1 N–H and O–H groups in total. The first-order valence-corrected chi connectivity index (χ1v) is 9.79. The van der Waals surface area contributed by atoms with E-state index < -0.39 is 5.91 Å². The van der Waals surface area contributed by atoms with E-state index in [0.29, 0.717) is 33.5 Å². The Morgan fingerprint density at radius 2 is 1.97 bits per heavy atom. The zero-order valence-corrected chi connectivity index (χ0v) is 17.3. The lowest BCUT2D eigenvalue weighted by molar-refractivity contribution is 0.101. The summed E-state index contributed by atoms with van der Waals surface area (Å²) in [5.41, 5.74) is 1.13. The molecule has 1 amide bonds. The summed E-state index contributed by atoms with van der Waals surface area (Å²) in [6.45, 7) is 2.04.